The minimum atomic E-state index is -0.0156. The summed E-state index contributed by atoms with van der Waals surface area (Å²) < 4.78 is 5.58. The van der Waals surface area contributed by atoms with E-state index in [4.69, 9.17) is 4.74 Å². The Kier molecular flexibility index (Phi) is 6.96. The molecule has 0 saturated carbocycles. The average molecular weight is 284 g/mol. The van der Waals surface area contributed by atoms with E-state index in [1.807, 2.05) is 7.11 Å². The lowest BCUT2D eigenvalue weighted by molar-refractivity contribution is -0.00568. The summed E-state index contributed by atoms with van der Waals surface area (Å²) in [4.78, 5) is 2.69. The lowest BCUT2D eigenvalue weighted by Gasteiger charge is -2.45. The van der Waals surface area contributed by atoms with Crippen LogP contribution in [0.2, 0.25) is 0 Å². The van der Waals surface area contributed by atoms with Crippen LogP contribution in [0, 0.1) is 11.8 Å². The van der Waals surface area contributed by atoms with E-state index in [9.17, 15) is 0 Å². The first-order valence-electron chi connectivity index (χ1n) is 8.33. The van der Waals surface area contributed by atoms with Crippen molar-refractivity contribution in [2.75, 3.05) is 26.7 Å². The van der Waals surface area contributed by atoms with Crippen LogP contribution in [0.15, 0.2) is 0 Å². The van der Waals surface area contributed by atoms with Crippen LogP contribution in [-0.4, -0.2) is 49.3 Å². The molecule has 1 heterocycles. The first-order valence-corrected chi connectivity index (χ1v) is 8.33. The molecule has 20 heavy (non-hydrogen) atoms. The normalized spacial score (nSPS) is 27.0. The zero-order valence-electron chi connectivity index (χ0n) is 14.7. The zero-order chi connectivity index (χ0) is 15.3. The van der Waals surface area contributed by atoms with Crippen molar-refractivity contribution in [3.63, 3.8) is 0 Å². The largest absolute Gasteiger partial charge is 0.379 e. The highest BCUT2D eigenvalue weighted by atomic mass is 16.5. The van der Waals surface area contributed by atoms with Crippen molar-refractivity contribution < 1.29 is 4.74 Å². The monoisotopic (exact) mass is 284 g/mol. The van der Waals surface area contributed by atoms with Crippen LogP contribution >= 0.6 is 0 Å². The Balaban J connectivity index is 2.64. The molecule has 3 atom stereocenters. The molecule has 1 rings (SSSR count). The van der Waals surface area contributed by atoms with Gasteiger partial charge in [0.2, 0.25) is 0 Å². The quantitative estimate of drug-likeness (QED) is 0.777. The van der Waals surface area contributed by atoms with Gasteiger partial charge in [0.05, 0.1) is 5.60 Å². The van der Waals surface area contributed by atoms with E-state index in [1.54, 1.807) is 0 Å². The molecule has 3 heteroatoms. The maximum absolute atomic E-state index is 5.58. The number of ether oxygens (including phenoxy) is 1. The second kappa shape index (κ2) is 7.77. The Morgan fingerprint density at radius 2 is 1.95 bits per heavy atom. The van der Waals surface area contributed by atoms with Crippen molar-refractivity contribution in [3.05, 3.63) is 0 Å². The number of nitrogens with zero attached hydrogens (tertiary/aromatic N) is 1. The topological polar surface area (TPSA) is 24.5 Å². The van der Waals surface area contributed by atoms with E-state index in [1.165, 1.54) is 13.0 Å². The van der Waals surface area contributed by atoms with E-state index in [2.05, 4.69) is 51.8 Å². The Bertz CT molecular complexity index is 278. The molecule has 1 aliphatic heterocycles. The van der Waals surface area contributed by atoms with Crippen LogP contribution in [0.4, 0.5) is 0 Å². The van der Waals surface area contributed by atoms with Gasteiger partial charge in [0, 0.05) is 38.8 Å². The summed E-state index contributed by atoms with van der Waals surface area (Å²) in [5, 5.41) is 3.77. The van der Waals surface area contributed by atoms with Gasteiger partial charge in [-0.25, -0.2) is 0 Å². The van der Waals surface area contributed by atoms with Crippen LogP contribution in [0.3, 0.4) is 0 Å². The summed E-state index contributed by atoms with van der Waals surface area (Å²) in [5.74, 6) is 1.45. The first kappa shape index (κ1) is 17.9. The van der Waals surface area contributed by atoms with E-state index in [0.29, 0.717) is 18.0 Å². The van der Waals surface area contributed by atoms with Gasteiger partial charge in [-0.2, -0.15) is 0 Å². The summed E-state index contributed by atoms with van der Waals surface area (Å²) >= 11 is 0. The second-order valence-electron chi connectivity index (χ2n) is 7.42. The SMILES string of the molecule is CCC(C)C1CN(CCC(C)(C)OC)C(C(C)C)CN1. The maximum atomic E-state index is 5.58. The molecule has 3 unspecified atom stereocenters. The standard InChI is InChI=1S/C17H36N2O/c1-8-14(4)15-12-19(10-9-17(5,6)20-7)16(11-18-15)13(2)3/h13-16,18H,8-12H2,1-7H3. The van der Waals surface area contributed by atoms with Gasteiger partial charge in [-0.15, -0.1) is 0 Å². The Morgan fingerprint density at radius 3 is 2.45 bits per heavy atom. The number of nitrogens with one attached hydrogen (secondary N) is 1. The molecule has 0 aromatic rings. The van der Waals surface area contributed by atoms with Crippen LogP contribution in [0.25, 0.3) is 0 Å². The third-order valence-corrected chi connectivity index (χ3v) is 5.14. The molecule has 1 aliphatic rings. The Hall–Kier alpha value is -0.120. The summed E-state index contributed by atoms with van der Waals surface area (Å²) in [6.07, 6.45) is 2.35. The molecule has 1 saturated heterocycles. The fraction of sp³-hybridized carbons (Fsp3) is 1.00. The van der Waals surface area contributed by atoms with Gasteiger partial charge >= 0.3 is 0 Å². The van der Waals surface area contributed by atoms with Gasteiger partial charge in [0.15, 0.2) is 0 Å². The highest BCUT2D eigenvalue weighted by Gasteiger charge is 2.32. The van der Waals surface area contributed by atoms with Crippen LogP contribution < -0.4 is 5.32 Å². The third kappa shape index (κ3) is 5.01. The fourth-order valence-corrected chi connectivity index (χ4v) is 2.95. The van der Waals surface area contributed by atoms with Crippen LogP contribution in [-0.2, 0) is 4.74 Å². The summed E-state index contributed by atoms with van der Waals surface area (Å²) in [6.45, 7) is 17.1. The van der Waals surface area contributed by atoms with Gasteiger partial charge in [0.25, 0.3) is 0 Å². The molecule has 1 fully saturated rings. The first-order chi connectivity index (χ1) is 9.30. The number of hydrogen-bond donors (Lipinski definition) is 1. The van der Waals surface area contributed by atoms with Crippen molar-refractivity contribution in [2.24, 2.45) is 11.8 Å². The van der Waals surface area contributed by atoms with Crippen molar-refractivity contribution in [1.82, 2.24) is 10.2 Å². The summed E-state index contributed by atoms with van der Waals surface area (Å²) in [5.41, 5.74) is -0.0156. The summed E-state index contributed by atoms with van der Waals surface area (Å²) in [7, 11) is 1.82. The Labute approximate surface area is 126 Å². The second-order valence-corrected chi connectivity index (χ2v) is 7.42. The summed E-state index contributed by atoms with van der Waals surface area (Å²) in [6, 6.07) is 1.30. The Morgan fingerprint density at radius 1 is 1.30 bits per heavy atom. The van der Waals surface area contributed by atoms with Gasteiger partial charge in [-0.3, -0.25) is 4.90 Å². The molecule has 1 N–H and O–H groups in total. The average Bonchev–Trinajstić information content (AvgIpc) is 2.43. The van der Waals surface area contributed by atoms with Gasteiger partial charge in [0.1, 0.15) is 0 Å². The van der Waals surface area contributed by atoms with E-state index < -0.39 is 0 Å². The van der Waals surface area contributed by atoms with Crippen molar-refractivity contribution in [3.8, 4) is 0 Å². The molecular weight excluding hydrogens is 248 g/mol. The minimum absolute atomic E-state index is 0.0156. The molecule has 0 aromatic heterocycles. The molecule has 120 valence electrons. The van der Waals surface area contributed by atoms with Crippen LogP contribution in [0.1, 0.15) is 54.4 Å². The predicted octanol–water partition coefficient (Wildman–Crippen LogP) is 3.15. The maximum Gasteiger partial charge on any atom is 0.0634 e. The molecule has 0 aliphatic carbocycles. The highest BCUT2D eigenvalue weighted by molar-refractivity contribution is 4.90. The molecule has 0 amide bonds. The lowest BCUT2D eigenvalue weighted by Crippen LogP contribution is -2.60. The van der Waals surface area contributed by atoms with Gasteiger partial charge in [-0.05, 0) is 32.1 Å². The number of rotatable bonds is 7. The van der Waals surface area contributed by atoms with Crippen molar-refractivity contribution in [2.45, 2.75) is 72.1 Å². The van der Waals surface area contributed by atoms with Crippen LogP contribution in [0.5, 0.6) is 0 Å². The van der Waals surface area contributed by atoms with E-state index in [0.717, 1.165) is 25.4 Å². The number of piperazine rings is 1. The lowest BCUT2D eigenvalue weighted by atomic mass is 9.91. The number of hydrogen-bond acceptors (Lipinski definition) is 3. The number of methoxy groups -OCH3 is 1. The minimum Gasteiger partial charge on any atom is -0.379 e. The van der Waals surface area contributed by atoms with Crippen molar-refractivity contribution in [1.29, 1.82) is 0 Å². The molecule has 0 aromatic carbocycles. The molecule has 0 spiro atoms. The predicted molar refractivity (Wildman–Crippen MR) is 87.1 cm³/mol. The van der Waals surface area contributed by atoms with Gasteiger partial charge in [-0.1, -0.05) is 34.1 Å². The van der Waals surface area contributed by atoms with Crippen molar-refractivity contribution >= 4 is 0 Å². The van der Waals surface area contributed by atoms with E-state index >= 15 is 0 Å². The smallest absolute Gasteiger partial charge is 0.0634 e. The molecule has 0 radical (unpaired) electrons. The molecule has 0 bridgehead atoms. The highest BCUT2D eigenvalue weighted by Crippen LogP contribution is 2.22. The third-order valence-electron chi connectivity index (χ3n) is 5.14. The molecular formula is C17H36N2O. The van der Waals surface area contributed by atoms with E-state index in [-0.39, 0.29) is 5.60 Å². The zero-order valence-corrected chi connectivity index (χ0v) is 14.7. The molecule has 3 nitrogen and oxygen atoms in total. The van der Waals surface area contributed by atoms with Gasteiger partial charge < -0.3 is 10.1 Å². The fourth-order valence-electron chi connectivity index (χ4n) is 2.95.